The van der Waals surface area contributed by atoms with Crippen molar-refractivity contribution in [2.75, 3.05) is 0 Å². The fraction of sp³-hybridized carbons (Fsp3) is 0.615. The van der Waals surface area contributed by atoms with Gasteiger partial charge >= 0.3 is 0 Å². The van der Waals surface area contributed by atoms with Gasteiger partial charge in [0.05, 0.1) is 6.10 Å². The summed E-state index contributed by atoms with van der Waals surface area (Å²) in [7, 11) is 0. The molecule has 0 spiro atoms. The summed E-state index contributed by atoms with van der Waals surface area (Å²) in [5, 5.41) is 9.92. The van der Waals surface area contributed by atoms with Crippen molar-refractivity contribution in [1.82, 2.24) is 4.57 Å². The van der Waals surface area contributed by atoms with Crippen molar-refractivity contribution < 1.29 is 9.90 Å². The molecule has 1 amide bonds. The number of nitrogens with zero attached hydrogens (tertiary/aromatic N) is 1. The highest BCUT2D eigenvalue weighted by atomic mass is 16.3. The smallest absolute Gasteiger partial charge is 0.219 e. The minimum absolute atomic E-state index is 0.297. The van der Waals surface area contributed by atoms with Gasteiger partial charge in [0, 0.05) is 29.4 Å². The number of carbonyl (C=O) groups excluding carboxylic acids is 1. The van der Waals surface area contributed by atoms with Gasteiger partial charge in [-0.3, -0.25) is 4.79 Å². The minimum atomic E-state index is -0.357. The van der Waals surface area contributed by atoms with E-state index in [0.717, 1.165) is 30.5 Å². The Morgan fingerprint density at radius 2 is 2.35 bits per heavy atom. The van der Waals surface area contributed by atoms with Gasteiger partial charge in [0.25, 0.3) is 0 Å². The molecular weight excluding hydrogens is 216 g/mol. The molecule has 1 atom stereocenters. The van der Waals surface area contributed by atoms with E-state index in [1.165, 1.54) is 0 Å². The third kappa shape index (κ3) is 2.22. The van der Waals surface area contributed by atoms with E-state index in [1.54, 1.807) is 0 Å². The van der Waals surface area contributed by atoms with E-state index in [1.807, 2.05) is 26.1 Å². The molecule has 0 aromatic carbocycles. The molecule has 4 heteroatoms. The van der Waals surface area contributed by atoms with Crippen LogP contribution in [0.25, 0.3) is 0 Å². The molecule has 1 heterocycles. The van der Waals surface area contributed by atoms with E-state index in [9.17, 15) is 9.90 Å². The Morgan fingerprint density at radius 1 is 1.65 bits per heavy atom. The molecule has 1 aromatic heterocycles. The van der Waals surface area contributed by atoms with Crippen LogP contribution in [0.15, 0.2) is 12.3 Å². The summed E-state index contributed by atoms with van der Waals surface area (Å²) in [6, 6.07) is 1.96. The first-order valence-electron chi connectivity index (χ1n) is 6.09. The molecule has 1 unspecified atom stereocenters. The lowest BCUT2D eigenvalue weighted by Gasteiger charge is -2.30. The minimum Gasteiger partial charge on any atom is -0.388 e. The monoisotopic (exact) mass is 236 g/mol. The Hall–Kier alpha value is -1.29. The van der Waals surface area contributed by atoms with E-state index in [-0.39, 0.29) is 17.6 Å². The number of primary amides is 1. The maximum Gasteiger partial charge on any atom is 0.219 e. The van der Waals surface area contributed by atoms with Crippen molar-refractivity contribution in [3.8, 4) is 0 Å². The highest BCUT2D eigenvalue weighted by molar-refractivity contribution is 5.74. The number of rotatable bonds is 3. The number of hydrogen-bond donors (Lipinski definition) is 2. The molecule has 1 aromatic rings. The molecule has 0 radical (unpaired) electrons. The maximum absolute atomic E-state index is 11.1. The van der Waals surface area contributed by atoms with Crippen LogP contribution >= 0.6 is 0 Å². The third-order valence-electron chi connectivity index (χ3n) is 3.54. The van der Waals surface area contributed by atoms with Gasteiger partial charge in [-0.15, -0.1) is 0 Å². The fourth-order valence-corrected chi connectivity index (χ4v) is 2.75. The molecule has 94 valence electrons. The number of fused-ring (bicyclic) bond motifs is 1. The molecule has 0 fully saturated rings. The molecule has 0 aliphatic heterocycles. The van der Waals surface area contributed by atoms with Crippen LogP contribution in [0.4, 0.5) is 0 Å². The second-order valence-electron chi connectivity index (χ2n) is 5.45. The molecule has 0 saturated carbocycles. The predicted octanol–water partition coefficient (Wildman–Crippen LogP) is 1.47. The number of aliphatic hydroxyl groups excluding tert-OH is 1. The number of aliphatic hydroxyl groups is 1. The summed E-state index contributed by atoms with van der Waals surface area (Å²) in [5.41, 5.74) is 7.12. The average molecular weight is 236 g/mol. The number of hydrogen-bond acceptors (Lipinski definition) is 2. The summed E-state index contributed by atoms with van der Waals surface area (Å²) in [6.07, 6.45) is 4.69. The first kappa shape index (κ1) is 12.2. The van der Waals surface area contributed by atoms with Crippen molar-refractivity contribution in [2.45, 2.75) is 51.2 Å². The van der Waals surface area contributed by atoms with Crippen LogP contribution < -0.4 is 5.73 Å². The largest absolute Gasteiger partial charge is 0.388 e. The third-order valence-corrected chi connectivity index (χ3v) is 3.54. The van der Waals surface area contributed by atoms with Gasteiger partial charge < -0.3 is 15.4 Å². The van der Waals surface area contributed by atoms with Crippen LogP contribution in [0.1, 0.15) is 50.5 Å². The zero-order valence-corrected chi connectivity index (χ0v) is 10.4. The summed E-state index contributed by atoms with van der Waals surface area (Å²) in [4.78, 5) is 11.1. The van der Waals surface area contributed by atoms with Gasteiger partial charge in [-0.25, -0.2) is 0 Å². The van der Waals surface area contributed by atoms with Crippen LogP contribution in [0.2, 0.25) is 0 Å². The maximum atomic E-state index is 11.1. The van der Waals surface area contributed by atoms with Crippen molar-refractivity contribution in [3.05, 3.63) is 23.5 Å². The Morgan fingerprint density at radius 3 is 3.00 bits per heavy atom. The van der Waals surface area contributed by atoms with Crippen LogP contribution in [0.5, 0.6) is 0 Å². The van der Waals surface area contributed by atoms with E-state index >= 15 is 0 Å². The second kappa shape index (κ2) is 4.18. The fourth-order valence-electron chi connectivity index (χ4n) is 2.75. The highest BCUT2D eigenvalue weighted by Crippen LogP contribution is 2.34. The van der Waals surface area contributed by atoms with Crippen LogP contribution in [-0.2, 0) is 16.8 Å². The summed E-state index contributed by atoms with van der Waals surface area (Å²) >= 11 is 0. The lowest BCUT2D eigenvalue weighted by Crippen LogP contribution is -2.33. The first-order valence-corrected chi connectivity index (χ1v) is 6.09. The first-order chi connectivity index (χ1) is 7.92. The molecule has 0 saturated heterocycles. The van der Waals surface area contributed by atoms with Crippen molar-refractivity contribution in [2.24, 2.45) is 5.73 Å². The van der Waals surface area contributed by atoms with E-state index < -0.39 is 0 Å². The Balaban J connectivity index is 2.36. The molecule has 2 rings (SSSR count). The van der Waals surface area contributed by atoms with Crippen LogP contribution in [0, 0.1) is 0 Å². The van der Waals surface area contributed by atoms with Crippen molar-refractivity contribution in [3.63, 3.8) is 0 Å². The second-order valence-corrected chi connectivity index (χ2v) is 5.45. The summed E-state index contributed by atoms with van der Waals surface area (Å²) < 4.78 is 2.09. The summed E-state index contributed by atoms with van der Waals surface area (Å²) in [6.45, 7) is 4.00. The molecule has 1 aliphatic rings. The Bertz CT molecular complexity index is 435. The number of amides is 1. The number of aromatic nitrogens is 1. The van der Waals surface area contributed by atoms with Gasteiger partial charge in [0.2, 0.25) is 5.91 Å². The van der Waals surface area contributed by atoms with Gasteiger partial charge in [-0.2, -0.15) is 0 Å². The number of nitrogens with two attached hydrogens (primary N) is 1. The zero-order chi connectivity index (χ0) is 12.6. The normalized spacial score (nSPS) is 20.1. The van der Waals surface area contributed by atoms with E-state index in [2.05, 4.69) is 4.57 Å². The van der Waals surface area contributed by atoms with Gasteiger partial charge in [-0.05, 0) is 39.2 Å². The van der Waals surface area contributed by atoms with Crippen molar-refractivity contribution in [1.29, 1.82) is 0 Å². The Labute approximate surface area is 101 Å². The van der Waals surface area contributed by atoms with Crippen molar-refractivity contribution >= 4 is 5.91 Å². The summed E-state index contributed by atoms with van der Waals surface area (Å²) in [5.74, 6) is -0.297. The van der Waals surface area contributed by atoms with Gasteiger partial charge in [0.1, 0.15) is 0 Å². The number of carbonyl (C=O) groups is 1. The van der Waals surface area contributed by atoms with Gasteiger partial charge in [-0.1, -0.05) is 0 Å². The highest BCUT2D eigenvalue weighted by Gasteiger charge is 2.29. The molecule has 3 N–H and O–H groups in total. The lowest BCUT2D eigenvalue weighted by molar-refractivity contribution is -0.119. The molecule has 17 heavy (non-hydrogen) atoms. The van der Waals surface area contributed by atoms with Crippen LogP contribution in [-0.4, -0.2) is 15.6 Å². The zero-order valence-electron chi connectivity index (χ0n) is 10.4. The van der Waals surface area contributed by atoms with E-state index in [4.69, 9.17) is 5.73 Å². The lowest BCUT2D eigenvalue weighted by atomic mass is 9.93. The average Bonchev–Trinajstić information content (AvgIpc) is 2.61. The molecular formula is C13H20N2O2. The quantitative estimate of drug-likeness (QED) is 0.834. The topological polar surface area (TPSA) is 68.2 Å². The van der Waals surface area contributed by atoms with Gasteiger partial charge in [0.15, 0.2) is 0 Å². The standard InChI is InChI=1S/C13H20N2O2/c1-13(2,8-12(14)17)15-7-6-9-10(15)4-3-5-11(9)16/h6-7,11,16H,3-5,8H2,1-2H3,(H2,14,17). The SMILES string of the molecule is CC(C)(CC(N)=O)n1ccc2c1CCCC2O. The van der Waals surface area contributed by atoms with E-state index in [0.29, 0.717) is 6.42 Å². The predicted molar refractivity (Wildman–Crippen MR) is 65.5 cm³/mol. The molecule has 4 nitrogen and oxygen atoms in total. The molecule has 1 aliphatic carbocycles. The van der Waals surface area contributed by atoms with Crippen LogP contribution in [0.3, 0.4) is 0 Å². The molecule has 0 bridgehead atoms. The Kier molecular flexibility index (Phi) is 3.00.